The molecule has 0 amide bonds. The summed E-state index contributed by atoms with van der Waals surface area (Å²) >= 11 is 0. The molecule has 0 saturated heterocycles. The topological polar surface area (TPSA) is 106 Å². The Morgan fingerprint density at radius 2 is 2.00 bits per heavy atom. The van der Waals surface area contributed by atoms with Crippen molar-refractivity contribution in [1.29, 1.82) is 0 Å². The third-order valence-electron chi connectivity index (χ3n) is 2.85. The number of carbonyl (C=O) groups is 1. The molecule has 1 aromatic rings. The lowest BCUT2D eigenvalue weighted by Crippen LogP contribution is -2.19. The highest BCUT2D eigenvalue weighted by Crippen LogP contribution is 2.20. The lowest BCUT2D eigenvalue weighted by atomic mass is 9.99. The van der Waals surface area contributed by atoms with Gasteiger partial charge in [0, 0.05) is 23.4 Å². The number of hydrogen-bond acceptors (Lipinski definition) is 4. The first-order valence-corrected chi connectivity index (χ1v) is 6.10. The first kappa shape index (κ1) is 15.2. The summed E-state index contributed by atoms with van der Waals surface area (Å²) in [6.45, 7) is 1.91. The second-order valence-electron chi connectivity index (χ2n) is 4.15. The van der Waals surface area contributed by atoms with Crippen LogP contribution in [0.2, 0.25) is 0 Å². The van der Waals surface area contributed by atoms with Crippen LogP contribution < -0.4 is 0 Å². The Balaban J connectivity index is 2.68. The van der Waals surface area contributed by atoms with Gasteiger partial charge in [-0.3, -0.25) is 4.79 Å². The molecular formula is C13H17N3O3. The van der Waals surface area contributed by atoms with Gasteiger partial charge in [0.25, 0.3) is 0 Å². The molecule has 6 heteroatoms. The summed E-state index contributed by atoms with van der Waals surface area (Å²) in [7, 11) is 0. The number of azide groups is 1. The van der Waals surface area contributed by atoms with Crippen LogP contribution >= 0.6 is 0 Å². The van der Waals surface area contributed by atoms with Crippen molar-refractivity contribution >= 4 is 5.78 Å². The predicted molar refractivity (Wildman–Crippen MR) is 70.7 cm³/mol. The molecule has 2 N–H and O–H groups in total. The van der Waals surface area contributed by atoms with Crippen LogP contribution in [0.15, 0.2) is 29.4 Å². The molecule has 102 valence electrons. The SMILES string of the molecule is CCC(=O)c1ccc(C(O)C(O)CCN=[N+]=[N-])cc1. The highest BCUT2D eigenvalue weighted by molar-refractivity contribution is 5.95. The maximum Gasteiger partial charge on any atom is 0.162 e. The van der Waals surface area contributed by atoms with Crippen molar-refractivity contribution in [1.82, 2.24) is 0 Å². The van der Waals surface area contributed by atoms with Gasteiger partial charge < -0.3 is 10.2 Å². The van der Waals surface area contributed by atoms with E-state index in [0.29, 0.717) is 17.5 Å². The van der Waals surface area contributed by atoms with E-state index in [0.717, 1.165) is 0 Å². The highest BCUT2D eigenvalue weighted by atomic mass is 16.3. The van der Waals surface area contributed by atoms with Crippen molar-refractivity contribution in [3.8, 4) is 0 Å². The minimum absolute atomic E-state index is 0.0324. The molecule has 6 nitrogen and oxygen atoms in total. The summed E-state index contributed by atoms with van der Waals surface area (Å²) in [6.07, 6.45) is -1.45. The number of carbonyl (C=O) groups excluding carboxylic acids is 1. The molecule has 0 fully saturated rings. The van der Waals surface area contributed by atoms with E-state index in [1.807, 2.05) is 0 Å². The minimum atomic E-state index is -1.06. The molecule has 0 heterocycles. The fourth-order valence-electron chi connectivity index (χ4n) is 1.69. The zero-order valence-corrected chi connectivity index (χ0v) is 10.7. The zero-order valence-electron chi connectivity index (χ0n) is 10.7. The number of aliphatic hydroxyl groups excluding tert-OH is 2. The first-order valence-electron chi connectivity index (χ1n) is 6.10. The van der Waals surface area contributed by atoms with E-state index in [1.54, 1.807) is 31.2 Å². The molecule has 19 heavy (non-hydrogen) atoms. The van der Waals surface area contributed by atoms with Gasteiger partial charge in [0.1, 0.15) is 6.10 Å². The van der Waals surface area contributed by atoms with E-state index in [1.165, 1.54) is 0 Å². The van der Waals surface area contributed by atoms with Gasteiger partial charge in [-0.05, 0) is 17.5 Å². The average Bonchev–Trinajstić information content (AvgIpc) is 2.46. The molecule has 2 unspecified atom stereocenters. The second-order valence-corrected chi connectivity index (χ2v) is 4.15. The Bertz CT molecular complexity index is 467. The van der Waals surface area contributed by atoms with E-state index < -0.39 is 12.2 Å². The summed E-state index contributed by atoms with van der Waals surface area (Å²) in [5.41, 5.74) is 9.24. The summed E-state index contributed by atoms with van der Waals surface area (Å²) in [5.74, 6) is 0.0324. The van der Waals surface area contributed by atoms with Crippen molar-refractivity contribution in [3.63, 3.8) is 0 Å². The van der Waals surface area contributed by atoms with Gasteiger partial charge in [-0.2, -0.15) is 0 Å². The van der Waals surface area contributed by atoms with Crippen molar-refractivity contribution in [2.45, 2.75) is 32.0 Å². The third-order valence-corrected chi connectivity index (χ3v) is 2.85. The first-order chi connectivity index (χ1) is 9.10. The van der Waals surface area contributed by atoms with Crippen LogP contribution in [-0.2, 0) is 0 Å². The monoisotopic (exact) mass is 263 g/mol. The Morgan fingerprint density at radius 1 is 1.37 bits per heavy atom. The van der Waals surface area contributed by atoms with Crippen LogP contribution in [0.4, 0.5) is 0 Å². The summed E-state index contributed by atoms with van der Waals surface area (Å²) in [4.78, 5) is 14.0. The quantitative estimate of drug-likeness (QED) is 0.341. The average molecular weight is 263 g/mol. The van der Waals surface area contributed by atoms with Crippen LogP contribution in [-0.4, -0.2) is 28.6 Å². The van der Waals surface area contributed by atoms with Gasteiger partial charge in [-0.25, -0.2) is 0 Å². The van der Waals surface area contributed by atoms with Gasteiger partial charge in [0.05, 0.1) is 6.10 Å². The Morgan fingerprint density at radius 3 is 2.53 bits per heavy atom. The number of hydrogen-bond donors (Lipinski definition) is 2. The molecule has 0 saturated carbocycles. The summed E-state index contributed by atoms with van der Waals surface area (Å²) in [6, 6.07) is 6.49. The van der Waals surface area contributed by atoms with E-state index in [-0.39, 0.29) is 18.7 Å². The van der Waals surface area contributed by atoms with Gasteiger partial charge in [-0.15, -0.1) is 0 Å². The summed E-state index contributed by atoms with van der Waals surface area (Å²) < 4.78 is 0. The van der Waals surface area contributed by atoms with Crippen molar-refractivity contribution < 1.29 is 15.0 Å². The molecule has 0 spiro atoms. The van der Waals surface area contributed by atoms with Crippen LogP contribution in [0.1, 0.15) is 41.8 Å². The Hall–Kier alpha value is -1.88. The van der Waals surface area contributed by atoms with Crippen molar-refractivity contribution in [3.05, 3.63) is 45.8 Å². The highest BCUT2D eigenvalue weighted by Gasteiger charge is 2.17. The van der Waals surface area contributed by atoms with Gasteiger partial charge >= 0.3 is 0 Å². The standard InChI is InChI=1S/C13H17N3O3/c1-2-11(17)9-3-5-10(6-4-9)13(19)12(18)7-8-15-16-14/h3-6,12-13,18-19H,2,7-8H2,1H3. The maximum absolute atomic E-state index is 11.4. The molecule has 0 aliphatic rings. The molecule has 2 atom stereocenters. The van der Waals surface area contributed by atoms with Crippen LogP contribution in [0.25, 0.3) is 10.4 Å². The Labute approximate surface area is 111 Å². The number of ketones is 1. The van der Waals surface area contributed by atoms with E-state index in [4.69, 9.17) is 5.53 Å². The fraction of sp³-hybridized carbons (Fsp3) is 0.462. The zero-order chi connectivity index (χ0) is 14.3. The van der Waals surface area contributed by atoms with Crippen LogP contribution in [0.5, 0.6) is 0 Å². The predicted octanol–water partition coefficient (Wildman–Crippen LogP) is 2.37. The second kappa shape index (κ2) is 7.53. The minimum Gasteiger partial charge on any atom is -0.390 e. The number of benzene rings is 1. The van der Waals surface area contributed by atoms with Crippen LogP contribution in [0.3, 0.4) is 0 Å². The number of rotatable bonds is 7. The van der Waals surface area contributed by atoms with Crippen molar-refractivity contribution in [2.24, 2.45) is 5.11 Å². The number of Topliss-reactive ketones (excluding diaryl/α,β-unsaturated/α-hetero) is 1. The lowest BCUT2D eigenvalue weighted by Gasteiger charge is -2.17. The smallest absolute Gasteiger partial charge is 0.162 e. The number of nitrogens with zero attached hydrogens (tertiary/aromatic N) is 3. The normalized spacial score (nSPS) is 13.4. The molecule has 0 aromatic heterocycles. The van der Waals surface area contributed by atoms with Crippen LogP contribution in [0, 0.1) is 0 Å². The molecule has 0 aliphatic heterocycles. The van der Waals surface area contributed by atoms with E-state index >= 15 is 0 Å². The molecule has 0 radical (unpaired) electrons. The van der Waals surface area contributed by atoms with E-state index in [2.05, 4.69) is 10.0 Å². The molecule has 0 aliphatic carbocycles. The van der Waals surface area contributed by atoms with Gasteiger partial charge in [0.2, 0.25) is 0 Å². The third kappa shape index (κ3) is 4.37. The Kier molecular flexibility index (Phi) is 6.02. The molecular weight excluding hydrogens is 246 g/mol. The molecule has 1 rings (SSSR count). The number of aliphatic hydroxyl groups is 2. The van der Waals surface area contributed by atoms with Gasteiger partial charge in [0.15, 0.2) is 5.78 Å². The van der Waals surface area contributed by atoms with E-state index in [9.17, 15) is 15.0 Å². The van der Waals surface area contributed by atoms with Gasteiger partial charge in [-0.1, -0.05) is 36.3 Å². The van der Waals surface area contributed by atoms with Crippen molar-refractivity contribution in [2.75, 3.05) is 6.54 Å². The lowest BCUT2D eigenvalue weighted by molar-refractivity contribution is 0.0150. The molecule has 0 bridgehead atoms. The fourth-order valence-corrected chi connectivity index (χ4v) is 1.69. The molecule has 1 aromatic carbocycles. The summed E-state index contributed by atoms with van der Waals surface area (Å²) in [5, 5.41) is 22.9. The maximum atomic E-state index is 11.4. The largest absolute Gasteiger partial charge is 0.390 e.